The quantitative estimate of drug-likeness (QED) is 0.289. The van der Waals surface area contributed by atoms with Crippen molar-refractivity contribution in [3.8, 4) is 0 Å². The summed E-state index contributed by atoms with van der Waals surface area (Å²) < 4.78 is 6.54. The molecule has 1 rings (SSSR count). The molecule has 1 aromatic carbocycles. The molecule has 0 aliphatic carbocycles. The molecule has 23 heavy (non-hydrogen) atoms. The number of unbranched alkanes of at least 4 members (excludes halogenated alkanes) is 6. The van der Waals surface area contributed by atoms with Crippen molar-refractivity contribution < 1.29 is 9.53 Å². The molecule has 0 N–H and O–H groups in total. The van der Waals surface area contributed by atoms with Crippen LogP contribution in [-0.4, -0.2) is 12.1 Å². The van der Waals surface area contributed by atoms with E-state index in [4.69, 9.17) is 4.74 Å². The highest BCUT2D eigenvalue weighted by Gasteiger charge is 2.17. The summed E-state index contributed by atoms with van der Waals surface area (Å²) in [5.74, 6) is -0.209. The number of carbonyl (C=O) groups is 1. The van der Waals surface area contributed by atoms with Crippen molar-refractivity contribution in [3.05, 3.63) is 34.3 Å². The maximum atomic E-state index is 12.3. The maximum absolute atomic E-state index is 12.3. The van der Waals surface area contributed by atoms with Crippen molar-refractivity contribution in [1.29, 1.82) is 0 Å². The van der Waals surface area contributed by atoms with Crippen molar-refractivity contribution in [2.75, 3.05) is 0 Å². The van der Waals surface area contributed by atoms with Gasteiger partial charge in [-0.05, 0) is 47.3 Å². The average molecular weight is 383 g/mol. The highest BCUT2D eigenvalue weighted by molar-refractivity contribution is 9.10. The Bertz CT molecular complexity index is 445. The van der Waals surface area contributed by atoms with E-state index in [-0.39, 0.29) is 12.1 Å². The minimum atomic E-state index is -0.209. The molecule has 1 aromatic rings. The van der Waals surface area contributed by atoms with E-state index in [1.54, 1.807) is 0 Å². The second-order valence-electron chi connectivity index (χ2n) is 6.21. The van der Waals surface area contributed by atoms with Crippen LogP contribution in [0, 0.1) is 0 Å². The minimum absolute atomic E-state index is 0.0512. The predicted molar refractivity (Wildman–Crippen MR) is 101 cm³/mol. The molecule has 130 valence electrons. The number of hydrogen-bond acceptors (Lipinski definition) is 2. The zero-order chi connectivity index (χ0) is 16.9. The molecule has 0 saturated heterocycles. The Morgan fingerprint density at radius 3 is 2.26 bits per heavy atom. The molecule has 2 nitrogen and oxygen atoms in total. The Morgan fingerprint density at radius 2 is 1.61 bits per heavy atom. The summed E-state index contributed by atoms with van der Waals surface area (Å²) in [6, 6.07) is 7.46. The van der Waals surface area contributed by atoms with Gasteiger partial charge in [-0.3, -0.25) is 0 Å². The molecule has 0 aliphatic rings. The van der Waals surface area contributed by atoms with E-state index < -0.39 is 0 Å². The van der Waals surface area contributed by atoms with E-state index in [0.29, 0.717) is 5.56 Å². The van der Waals surface area contributed by atoms with Gasteiger partial charge in [0.2, 0.25) is 0 Å². The zero-order valence-electron chi connectivity index (χ0n) is 14.7. The van der Waals surface area contributed by atoms with E-state index in [9.17, 15) is 4.79 Å². The molecule has 0 saturated carbocycles. The van der Waals surface area contributed by atoms with Crippen LogP contribution in [-0.2, 0) is 4.74 Å². The molecular weight excluding hydrogens is 352 g/mol. The number of rotatable bonds is 12. The molecule has 0 spiro atoms. The Hall–Kier alpha value is -0.830. The molecular formula is C20H31BrO2. The van der Waals surface area contributed by atoms with Gasteiger partial charge in [0.05, 0.1) is 5.56 Å². The second kappa shape index (κ2) is 12.6. The molecule has 0 aromatic heterocycles. The molecule has 0 amide bonds. The first-order valence-corrected chi connectivity index (χ1v) is 9.93. The van der Waals surface area contributed by atoms with Gasteiger partial charge < -0.3 is 4.74 Å². The first-order valence-electron chi connectivity index (χ1n) is 9.14. The van der Waals surface area contributed by atoms with Crippen LogP contribution >= 0.6 is 15.9 Å². The topological polar surface area (TPSA) is 26.3 Å². The molecule has 0 radical (unpaired) electrons. The maximum Gasteiger partial charge on any atom is 0.339 e. The summed E-state index contributed by atoms with van der Waals surface area (Å²) >= 11 is 3.42. The molecule has 1 atom stereocenters. The fraction of sp³-hybridized carbons (Fsp3) is 0.650. The van der Waals surface area contributed by atoms with Crippen LogP contribution < -0.4 is 0 Å². The monoisotopic (exact) mass is 382 g/mol. The summed E-state index contributed by atoms with van der Waals surface area (Å²) in [6.07, 6.45) is 12.1. The normalized spacial score (nSPS) is 12.1. The van der Waals surface area contributed by atoms with E-state index in [2.05, 4.69) is 29.8 Å². The van der Waals surface area contributed by atoms with Crippen LogP contribution in [0.5, 0.6) is 0 Å². The Balaban J connectivity index is 2.34. The first kappa shape index (κ1) is 20.2. The largest absolute Gasteiger partial charge is 0.459 e. The lowest BCUT2D eigenvalue weighted by Crippen LogP contribution is -2.18. The van der Waals surface area contributed by atoms with Crippen LogP contribution in [0.25, 0.3) is 0 Å². The van der Waals surface area contributed by atoms with Crippen LogP contribution in [0.3, 0.4) is 0 Å². The van der Waals surface area contributed by atoms with Gasteiger partial charge in [0.1, 0.15) is 6.10 Å². The summed E-state index contributed by atoms with van der Waals surface area (Å²) in [6.45, 7) is 4.39. The Kier molecular flexibility index (Phi) is 11.1. The van der Waals surface area contributed by atoms with Crippen molar-refractivity contribution in [3.63, 3.8) is 0 Å². The van der Waals surface area contributed by atoms with Gasteiger partial charge in [-0.25, -0.2) is 4.79 Å². The first-order chi connectivity index (χ1) is 11.2. The smallest absolute Gasteiger partial charge is 0.339 e. The van der Waals surface area contributed by atoms with Crippen molar-refractivity contribution in [2.45, 2.75) is 84.2 Å². The van der Waals surface area contributed by atoms with Crippen LogP contribution in [0.2, 0.25) is 0 Å². The fourth-order valence-electron chi connectivity index (χ4n) is 2.75. The van der Waals surface area contributed by atoms with Crippen molar-refractivity contribution in [1.82, 2.24) is 0 Å². The molecule has 0 fully saturated rings. The van der Waals surface area contributed by atoms with Crippen LogP contribution in [0.1, 0.15) is 88.4 Å². The van der Waals surface area contributed by atoms with Gasteiger partial charge in [-0.1, -0.05) is 70.9 Å². The lowest BCUT2D eigenvalue weighted by atomic mass is 10.0. The van der Waals surface area contributed by atoms with E-state index in [1.165, 1.54) is 38.5 Å². The molecule has 3 heteroatoms. The van der Waals surface area contributed by atoms with Crippen LogP contribution in [0.15, 0.2) is 28.7 Å². The average Bonchev–Trinajstić information content (AvgIpc) is 2.54. The number of hydrogen-bond donors (Lipinski definition) is 0. The highest BCUT2D eigenvalue weighted by atomic mass is 79.9. The number of halogens is 1. The number of carbonyl (C=O) groups excluding carboxylic acids is 1. The van der Waals surface area contributed by atoms with E-state index >= 15 is 0 Å². The van der Waals surface area contributed by atoms with E-state index in [0.717, 1.165) is 30.2 Å². The minimum Gasteiger partial charge on any atom is -0.459 e. The molecule has 1 unspecified atom stereocenters. The number of ether oxygens (including phenoxy) is 1. The molecule has 0 heterocycles. The SMILES string of the molecule is CCCCCCCCCC(CCC)OC(=O)c1ccccc1Br. The van der Waals surface area contributed by atoms with E-state index in [1.807, 2.05) is 24.3 Å². The Labute approximate surface area is 150 Å². The summed E-state index contributed by atoms with van der Waals surface area (Å²) in [5, 5.41) is 0. The van der Waals surface area contributed by atoms with Crippen molar-refractivity contribution in [2.24, 2.45) is 0 Å². The summed E-state index contributed by atoms with van der Waals surface area (Å²) in [7, 11) is 0. The third kappa shape index (κ3) is 8.55. The third-order valence-electron chi connectivity index (χ3n) is 4.11. The highest BCUT2D eigenvalue weighted by Crippen LogP contribution is 2.20. The lowest BCUT2D eigenvalue weighted by Gasteiger charge is -2.17. The number of benzene rings is 1. The van der Waals surface area contributed by atoms with Gasteiger partial charge in [0.15, 0.2) is 0 Å². The molecule has 0 aliphatic heterocycles. The Morgan fingerprint density at radius 1 is 0.957 bits per heavy atom. The number of esters is 1. The van der Waals surface area contributed by atoms with Gasteiger partial charge in [-0.15, -0.1) is 0 Å². The molecule has 0 bridgehead atoms. The zero-order valence-corrected chi connectivity index (χ0v) is 16.2. The second-order valence-corrected chi connectivity index (χ2v) is 7.06. The summed E-state index contributed by atoms with van der Waals surface area (Å²) in [5.41, 5.74) is 0.619. The third-order valence-corrected chi connectivity index (χ3v) is 4.80. The fourth-order valence-corrected chi connectivity index (χ4v) is 3.20. The van der Waals surface area contributed by atoms with Crippen molar-refractivity contribution >= 4 is 21.9 Å². The van der Waals surface area contributed by atoms with Crippen LogP contribution in [0.4, 0.5) is 0 Å². The van der Waals surface area contributed by atoms with Gasteiger partial charge in [0, 0.05) is 4.47 Å². The van der Waals surface area contributed by atoms with Gasteiger partial charge >= 0.3 is 5.97 Å². The standard InChI is InChI=1S/C20H31BrO2/c1-3-5-6-7-8-9-10-14-17(13-4-2)23-20(22)18-15-11-12-16-19(18)21/h11-12,15-17H,3-10,13-14H2,1-2H3. The van der Waals surface area contributed by atoms with Gasteiger partial charge in [-0.2, -0.15) is 0 Å². The van der Waals surface area contributed by atoms with Gasteiger partial charge in [0.25, 0.3) is 0 Å². The predicted octanol–water partition coefficient (Wildman–Crippen LogP) is 6.92. The summed E-state index contributed by atoms with van der Waals surface area (Å²) in [4.78, 5) is 12.3. The lowest BCUT2D eigenvalue weighted by molar-refractivity contribution is 0.0252.